The number of guanidine groups is 1. The Kier molecular flexibility index (Phi) is 9.47. The molecular weight excluding hydrogens is 549 g/mol. The second-order valence-corrected chi connectivity index (χ2v) is 10.1. The molecule has 0 bridgehead atoms. The van der Waals surface area contributed by atoms with Gasteiger partial charge in [0.25, 0.3) is 10.0 Å². The predicted molar refractivity (Wildman–Crippen MR) is 134 cm³/mol. The van der Waals surface area contributed by atoms with E-state index in [4.69, 9.17) is 4.42 Å². The van der Waals surface area contributed by atoms with Gasteiger partial charge < -0.3 is 15.1 Å². The van der Waals surface area contributed by atoms with Crippen molar-refractivity contribution in [1.29, 1.82) is 0 Å². The number of nitrogens with one attached hydrogen (secondary N) is 2. The second-order valence-electron chi connectivity index (χ2n) is 6.57. The lowest BCUT2D eigenvalue weighted by molar-refractivity contribution is 0.523. The molecule has 0 radical (unpaired) electrons. The van der Waals surface area contributed by atoms with E-state index >= 15 is 0 Å². The van der Waals surface area contributed by atoms with Crippen molar-refractivity contribution in [3.63, 3.8) is 0 Å². The van der Waals surface area contributed by atoms with Crippen LogP contribution in [0, 0.1) is 0 Å². The van der Waals surface area contributed by atoms with Gasteiger partial charge in [-0.2, -0.15) is 0 Å². The van der Waals surface area contributed by atoms with Crippen molar-refractivity contribution in [2.45, 2.75) is 24.2 Å². The smallest absolute Gasteiger partial charge is 0.252 e. The fraction of sp³-hybridized carbons (Fsp3) is 0.300. The van der Waals surface area contributed by atoms with Gasteiger partial charge in [-0.15, -0.1) is 35.3 Å². The van der Waals surface area contributed by atoms with E-state index in [9.17, 15) is 8.42 Å². The van der Waals surface area contributed by atoms with Crippen molar-refractivity contribution in [1.82, 2.24) is 19.9 Å². The maximum absolute atomic E-state index is 12.2. The molecule has 0 saturated carbocycles. The Balaban J connectivity index is 0.00000341. The molecule has 0 fully saturated rings. The van der Waals surface area contributed by atoms with Crippen LogP contribution in [0.4, 0.5) is 0 Å². The van der Waals surface area contributed by atoms with Crippen molar-refractivity contribution in [3.8, 4) is 11.5 Å². The lowest BCUT2D eigenvalue weighted by Crippen LogP contribution is -2.36. The monoisotopic (exact) mass is 575 g/mol. The van der Waals surface area contributed by atoms with Gasteiger partial charge in [-0.25, -0.2) is 22.7 Å². The number of aliphatic imine (C=N–C) groups is 1. The van der Waals surface area contributed by atoms with Crippen LogP contribution in [0.1, 0.15) is 17.5 Å². The van der Waals surface area contributed by atoms with Crippen LogP contribution in [-0.4, -0.2) is 44.3 Å². The number of sulfonamides is 1. The SMILES string of the molecule is CCNC(=NCc1coc(-c2ccccc2)n1)NCc1ccc(S(=O)(=O)N(C)C)s1.I. The zero-order valence-electron chi connectivity index (χ0n) is 17.5. The van der Waals surface area contributed by atoms with Crippen LogP contribution in [0.2, 0.25) is 0 Å². The summed E-state index contributed by atoms with van der Waals surface area (Å²) in [7, 11) is -0.365. The van der Waals surface area contributed by atoms with Crippen molar-refractivity contribution in [2.75, 3.05) is 20.6 Å². The lowest BCUT2D eigenvalue weighted by Gasteiger charge is -2.10. The highest BCUT2D eigenvalue weighted by Crippen LogP contribution is 2.23. The number of hydrogen-bond acceptors (Lipinski definition) is 6. The molecule has 3 aromatic rings. The quantitative estimate of drug-likeness (QED) is 0.242. The number of benzene rings is 1. The van der Waals surface area contributed by atoms with E-state index in [0.29, 0.717) is 35.7 Å². The Morgan fingerprint density at radius 2 is 1.90 bits per heavy atom. The van der Waals surface area contributed by atoms with E-state index < -0.39 is 10.0 Å². The number of aromatic nitrogens is 1. The molecule has 0 aliphatic rings. The van der Waals surface area contributed by atoms with Crippen molar-refractivity contribution >= 4 is 51.3 Å². The topological polar surface area (TPSA) is 99.8 Å². The number of hydrogen-bond donors (Lipinski definition) is 2. The molecule has 31 heavy (non-hydrogen) atoms. The summed E-state index contributed by atoms with van der Waals surface area (Å²) in [6.07, 6.45) is 1.60. The van der Waals surface area contributed by atoms with E-state index in [2.05, 4.69) is 20.6 Å². The van der Waals surface area contributed by atoms with Gasteiger partial charge >= 0.3 is 0 Å². The number of nitrogens with zero attached hydrogens (tertiary/aromatic N) is 3. The van der Waals surface area contributed by atoms with Gasteiger partial charge in [0, 0.05) is 31.1 Å². The normalized spacial score (nSPS) is 11.9. The Labute approximate surface area is 203 Å². The van der Waals surface area contributed by atoms with Gasteiger partial charge in [0.05, 0.1) is 13.1 Å². The Bertz CT molecular complexity index is 1090. The summed E-state index contributed by atoms with van der Waals surface area (Å²) in [5.74, 6) is 1.18. The maximum atomic E-state index is 12.2. The van der Waals surface area contributed by atoms with Crippen LogP contribution in [0.15, 0.2) is 62.3 Å². The number of rotatable bonds is 8. The molecular formula is C20H26IN5O3S2. The average Bonchev–Trinajstić information content (AvgIpc) is 3.41. The van der Waals surface area contributed by atoms with Gasteiger partial charge in [-0.1, -0.05) is 18.2 Å². The molecule has 168 valence electrons. The summed E-state index contributed by atoms with van der Waals surface area (Å²) in [6.45, 7) is 3.50. The van der Waals surface area contributed by atoms with Crippen LogP contribution < -0.4 is 10.6 Å². The third kappa shape index (κ3) is 6.76. The van der Waals surface area contributed by atoms with Crippen LogP contribution in [0.5, 0.6) is 0 Å². The van der Waals surface area contributed by atoms with E-state index in [0.717, 1.165) is 16.1 Å². The molecule has 0 saturated heterocycles. The molecule has 0 aliphatic heterocycles. The number of thiophene rings is 1. The van der Waals surface area contributed by atoms with Gasteiger partial charge in [-0.05, 0) is 31.2 Å². The van der Waals surface area contributed by atoms with Gasteiger partial charge in [0.15, 0.2) is 5.96 Å². The summed E-state index contributed by atoms with van der Waals surface area (Å²) in [5.41, 5.74) is 1.64. The second kappa shape index (κ2) is 11.6. The Morgan fingerprint density at radius 3 is 2.58 bits per heavy atom. The average molecular weight is 575 g/mol. The van der Waals surface area contributed by atoms with Gasteiger partial charge in [0.2, 0.25) is 5.89 Å². The third-order valence-electron chi connectivity index (χ3n) is 4.12. The molecule has 2 aromatic heterocycles. The van der Waals surface area contributed by atoms with Crippen LogP contribution in [0.3, 0.4) is 0 Å². The van der Waals surface area contributed by atoms with E-state index in [1.165, 1.54) is 29.7 Å². The molecule has 3 rings (SSSR count). The van der Waals surface area contributed by atoms with E-state index in [-0.39, 0.29) is 24.0 Å². The minimum atomic E-state index is -3.41. The fourth-order valence-electron chi connectivity index (χ4n) is 2.54. The highest BCUT2D eigenvalue weighted by atomic mass is 127. The third-order valence-corrected chi connectivity index (χ3v) is 7.49. The van der Waals surface area contributed by atoms with Crippen LogP contribution in [-0.2, 0) is 23.1 Å². The fourth-order valence-corrected chi connectivity index (χ4v) is 5.00. The first-order valence-electron chi connectivity index (χ1n) is 9.43. The van der Waals surface area contributed by atoms with Gasteiger partial charge in [-0.3, -0.25) is 0 Å². The summed E-state index contributed by atoms with van der Waals surface area (Å²) in [4.78, 5) is 9.92. The largest absolute Gasteiger partial charge is 0.444 e. The first-order chi connectivity index (χ1) is 14.4. The van der Waals surface area contributed by atoms with Crippen LogP contribution >= 0.6 is 35.3 Å². The minimum absolute atomic E-state index is 0. The Morgan fingerprint density at radius 1 is 1.16 bits per heavy atom. The first-order valence-corrected chi connectivity index (χ1v) is 11.7. The minimum Gasteiger partial charge on any atom is -0.444 e. The Hall–Kier alpha value is -1.96. The summed E-state index contributed by atoms with van der Waals surface area (Å²) < 4.78 is 31.5. The predicted octanol–water partition coefficient (Wildman–Crippen LogP) is 3.53. The van der Waals surface area contributed by atoms with Crippen LogP contribution in [0.25, 0.3) is 11.5 Å². The van der Waals surface area contributed by atoms with E-state index in [1.54, 1.807) is 18.4 Å². The molecule has 0 atom stereocenters. The summed E-state index contributed by atoms with van der Waals surface area (Å²) >= 11 is 1.24. The zero-order chi connectivity index (χ0) is 21.6. The molecule has 0 unspecified atom stereocenters. The summed E-state index contributed by atoms with van der Waals surface area (Å²) in [6, 6.07) is 13.1. The molecule has 0 amide bonds. The lowest BCUT2D eigenvalue weighted by atomic mass is 10.2. The van der Waals surface area contributed by atoms with E-state index in [1.807, 2.05) is 37.3 Å². The van der Waals surface area contributed by atoms with Crippen molar-refractivity contribution in [3.05, 3.63) is 59.3 Å². The van der Waals surface area contributed by atoms with Crippen molar-refractivity contribution in [2.24, 2.45) is 4.99 Å². The molecule has 2 N–H and O–H groups in total. The molecule has 2 heterocycles. The van der Waals surface area contributed by atoms with Crippen molar-refractivity contribution < 1.29 is 12.8 Å². The molecule has 11 heteroatoms. The number of halogens is 1. The zero-order valence-corrected chi connectivity index (χ0v) is 21.5. The number of oxazole rings is 1. The first kappa shape index (κ1) is 25.3. The molecule has 1 aromatic carbocycles. The summed E-state index contributed by atoms with van der Waals surface area (Å²) in [5, 5.41) is 6.40. The molecule has 0 aliphatic carbocycles. The molecule has 8 nitrogen and oxygen atoms in total. The standard InChI is InChI=1S/C20H25N5O3S2.HI/c1-4-21-20(23-13-17-10-11-18(29-17)30(26,27)25(2)3)22-12-16-14-28-19(24-16)15-8-6-5-7-9-15;/h5-11,14H,4,12-13H2,1-3H3,(H2,21,22,23);1H. The molecule has 0 spiro atoms. The highest BCUT2D eigenvalue weighted by molar-refractivity contribution is 14.0. The van der Waals surface area contributed by atoms with Gasteiger partial charge in [0.1, 0.15) is 16.2 Å². The maximum Gasteiger partial charge on any atom is 0.252 e. The highest BCUT2D eigenvalue weighted by Gasteiger charge is 2.19.